The van der Waals surface area contributed by atoms with Crippen LogP contribution in [0.5, 0.6) is 11.5 Å². The Kier molecular flexibility index (Phi) is 3.87. The molecule has 180 valence electrons. The molecule has 3 aliphatic heterocycles. The molecule has 34 heavy (non-hydrogen) atoms. The molecule has 11 nitrogen and oxygen atoms in total. The molecule has 3 heterocycles. The number of carbonyl (C=O) groups is 4. The molecule has 2 saturated heterocycles. The van der Waals surface area contributed by atoms with E-state index in [1.807, 2.05) is 0 Å². The summed E-state index contributed by atoms with van der Waals surface area (Å²) in [5.74, 6) is -3.46. The first kappa shape index (κ1) is 21.2. The van der Waals surface area contributed by atoms with Crippen LogP contribution in [0, 0.1) is 11.3 Å². The van der Waals surface area contributed by atoms with Crippen molar-refractivity contribution in [3.63, 3.8) is 0 Å². The lowest BCUT2D eigenvalue weighted by atomic mass is 9.40. The topological polar surface area (TPSA) is 154 Å². The van der Waals surface area contributed by atoms with Crippen molar-refractivity contribution < 1.29 is 44.0 Å². The maximum Gasteiger partial charge on any atom is 0.415 e. The number of anilines is 1. The lowest BCUT2D eigenvalue weighted by Crippen LogP contribution is -2.80. The van der Waals surface area contributed by atoms with Gasteiger partial charge in [0.15, 0.2) is 17.0 Å². The van der Waals surface area contributed by atoms with Crippen LogP contribution in [0.2, 0.25) is 0 Å². The predicted octanol–water partition coefficient (Wildman–Crippen LogP) is 0.178. The van der Waals surface area contributed by atoms with Gasteiger partial charge in [0, 0.05) is 24.3 Å². The molecule has 0 aromatic heterocycles. The van der Waals surface area contributed by atoms with Gasteiger partial charge in [0.1, 0.15) is 5.78 Å². The van der Waals surface area contributed by atoms with E-state index in [0.717, 1.165) is 12.0 Å². The van der Waals surface area contributed by atoms with Gasteiger partial charge in [-0.2, -0.15) is 0 Å². The first-order chi connectivity index (χ1) is 16.1. The number of hydrogen-bond donors (Lipinski definition) is 3. The predicted molar refractivity (Wildman–Crippen MR) is 112 cm³/mol. The van der Waals surface area contributed by atoms with Crippen molar-refractivity contribution in [2.75, 3.05) is 25.7 Å². The minimum atomic E-state index is -1.84. The zero-order chi connectivity index (χ0) is 24.4. The van der Waals surface area contributed by atoms with Crippen LogP contribution in [0.3, 0.4) is 0 Å². The zero-order valence-electron chi connectivity index (χ0n) is 18.6. The van der Waals surface area contributed by atoms with Crippen LogP contribution >= 0.6 is 0 Å². The number of esters is 1. The van der Waals surface area contributed by atoms with Crippen molar-refractivity contribution in [3.8, 4) is 11.5 Å². The number of benzene rings is 1. The van der Waals surface area contributed by atoms with Crippen molar-refractivity contribution >= 4 is 29.4 Å². The standard InChI is InChI=1S/C23H24N2O9/c1-33-19(31)22-6-5-21-8-13(27)11-9-24(15(29)7-14(21)28)18(21)23(11,22)10-3-4-12(26)17(30)16(10)25(22)20(32)34-2/h3-4,11,14,18,26,28,30H,5-9H2,1-2H3/t11?,14?,18-,21?,22+,23-/m0/s1. The molecule has 4 bridgehead atoms. The van der Waals surface area contributed by atoms with Gasteiger partial charge in [0.05, 0.1) is 43.9 Å². The molecule has 0 radical (unpaired) electrons. The molecular weight excluding hydrogens is 448 g/mol. The maximum atomic E-state index is 13.8. The van der Waals surface area contributed by atoms with E-state index in [9.17, 15) is 34.5 Å². The minimum Gasteiger partial charge on any atom is -0.504 e. The summed E-state index contributed by atoms with van der Waals surface area (Å²) in [5.41, 5.74) is -4.24. The van der Waals surface area contributed by atoms with Gasteiger partial charge >= 0.3 is 12.1 Å². The summed E-state index contributed by atoms with van der Waals surface area (Å²) in [4.78, 5) is 56.4. The van der Waals surface area contributed by atoms with Crippen molar-refractivity contribution in [2.45, 2.75) is 48.8 Å². The van der Waals surface area contributed by atoms with E-state index in [0.29, 0.717) is 0 Å². The van der Waals surface area contributed by atoms with Gasteiger partial charge in [-0.15, -0.1) is 0 Å². The van der Waals surface area contributed by atoms with Crippen LogP contribution in [0.25, 0.3) is 0 Å². The summed E-state index contributed by atoms with van der Waals surface area (Å²) in [6.45, 7) is 0.0195. The van der Waals surface area contributed by atoms with Crippen LogP contribution in [0.4, 0.5) is 10.5 Å². The van der Waals surface area contributed by atoms with Crippen LogP contribution in [0.15, 0.2) is 12.1 Å². The summed E-state index contributed by atoms with van der Waals surface area (Å²) in [6, 6.07) is 1.90. The fourth-order valence-electron chi connectivity index (χ4n) is 8.15. The summed E-state index contributed by atoms with van der Waals surface area (Å²) in [6.07, 6.45) is -2.02. The van der Waals surface area contributed by atoms with Gasteiger partial charge in [-0.3, -0.25) is 14.5 Å². The number of hydrogen-bond acceptors (Lipinski definition) is 9. The molecule has 2 amide bonds. The number of methoxy groups -OCH3 is 2. The Bertz CT molecular complexity index is 1200. The van der Waals surface area contributed by atoms with E-state index < -0.39 is 58.0 Å². The minimum absolute atomic E-state index is 0.00300. The Morgan fingerprint density at radius 1 is 1.12 bits per heavy atom. The third-order valence-corrected chi connectivity index (χ3v) is 9.16. The normalized spacial score (nSPS) is 39.0. The van der Waals surface area contributed by atoms with Crippen molar-refractivity contribution in [3.05, 3.63) is 17.7 Å². The summed E-state index contributed by atoms with van der Waals surface area (Å²) in [5, 5.41) is 32.4. The average molecular weight is 472 g/mol. The lowest BCUT2D eigenvalue weighted by molar-refractivity contribution is -0.186. The molecule has 5 aliphatic rings. The molecule has 1 spiro atoms. The molecular formula is C23H24N2O9. The number of piperidine rings is 1. The Labute approximate surface area is 193 Å². The number of aliphatic hydroxyl groups excluding tert-OH is 1. The Morgan fingerprint density at radius 2 is 1.85 bits per heavy atom. The molecule has 3 N–H and O–H groups in total. The number of amides is 2. The molecule has 6 rings (SSSR count). The summed E-state index contributed by atoms with van der Waals surface area (Å²) >= 11 is 0. The molecule has 1 aromatic rings. The van der Waals surface area contributed by atoms with Crippen LogP contribution < -0.4 is 4.90 Å². The first-order valence-electron chi connectivity index (χ1n) is 11.2. The van der Waals surface area contributed by atoms with Gasteiger partial charge in [0.25, 0.3) is 0 Å². The largest absolute Gasteiger partial charge is 0.504 e. The SMILES string of the molecule is COC(=O)N1c2c(ccc(O)c2O)[C@@]23C4CN5C(=O)CC(O)C(CC[C@]12C(=O)OC)(CC4=O)[C@H]53. The number of phenolic OH excluding ortho intramolecular Hbond substituents is 2. The number of ketones is 1. The molecule has 3 unspecified atom stereocenters. The molecule has 2 saturated carbocycles. The number of fused-ring (bicyclic) bond motifs is 1. The van der Waals surface area contributed by atoms with Gasteiger partial charge in [-0.1, -0.05) is 6.07 Å². The second-order valence-electron chi connectivity index (χ2n) is 9.95. The fraction of sp³-hybridized carbons (Fsp3) is 0.565. The lowest BCUT2D eigenvalue weighted by Gasteiger charge is -2.65. The quantitative estimate of drug-likeness (QED) is 0.383. The molecule has 11 heteroatoms. The van der Waals surface area contributed by atoms with Crippen LogP contribution in [-0.2, 0) is 29.3 Å². The fourth-order valence-corrected chi connectivity index (χ4v) is 8.15. The third kappa shape index (κ3) is 1.86. The van der Waals surface area contributed by atoms with Crippen molar-refractivity contribution in [1.29, 1.82) is 0 Å². The molecule has 6 atom stereocenters. The maximum absolute atomic E-state index is 13.8. The first-order valence-corrected chi connectivity index (χ1v) is 11.2. The van der Waals surface area contributed by atoms with E-state index in [4.69, 9.17) is 9.47 Å². The summed E-state index contributed by atoms with van der Waals surface area (Å²) < 4.78 is 10.2. The monoisotopic (exact) mass is 472 g/mol. The van der Waals surface area contributed by atoms with E-state index >= 15 is 0 Å². The highest BCUT2D eigenvalue weighted by molar-refractivity contribution is 6.09. The highest BCUT2D eigenvalue weighted by Crippen LogP contribution is 2.75. The van der Waals surface area contributed by atoms with Gasteiger partial charge in [-0.05, 0) is 24.5 Å². The number of nitrogens with zero attached hydrogens (tertiary/aromatic N) is 2. The van der Waals surface area contributed by atoms with E-state index in [2.05, 4.69) is 0 Å². The smallest absolute Gasteiger partial charge is 0.415 e. The average Bonchev–Trinajstić information content (AvgIpc) is 3.27. The third-order valence-electron chi connectivity index (χ3n) is 9.16. The Morgan fingerprint density at radius 3 is 2.53 bits per heavy atom. The molecule has 4 fully saturated rings. The zero-order valence-corrected chi connectivity index (χ0v) is 18.6. The van der Waals surface area contributed by atoms with E-state index in [1.54, 1.807) is 4.90 Å². The van der Waals surface area contributed by atoms with Gasteiger partial charge < -0.3 is 29.7 Å². The number of aliphatic hydroxyl groups is 1. The van der Waals surface area contributed by atoms with Gasteiger partial charge in [-0.25, -0.2) is 9.59 Å². The van der Waals surface area contributed by atoms with Crippen LogP contribution in [0.1, 0.15) is 31.2 Å². The van der Waals surface area contributed by atoms with E-state index in [-0.39, 0.29) is 55.2 Å². The molecule has 2 aliphatic carbocycles. The Balaban J connectivity index is 1.79. The number of carbonyl (C=O) groups excluding carboxylic acids is 4. The summed E-state index contributed by atoms with van der Waals surface area (Å²) in [7, 11) is 2.28. The number of ether oxygens (including phenoxy) is 2. The van der Waals surface area contributed by atoms with Crippen molar-refractivity contribution in [1.82, 2.24) is 4.90 Å². The second kappa shape index (κ2) is 6.21. The second-order valence-corrected chi connectivity index (χ2v) is 9.95. The number of aromatic hydroxyl groups is 2. The van der Waals surface area contributed by atoms with Crippen LogP contribution in [-0.4, -0.2) is 82.4 Å². The van der Waals surface area contributed by atoms with Crippen molar-refractivity contribution in [2.24, 2.45) is 11.3 Å². The number of rotatable bonds is 1. The molecule has 1 aromatic carbocycles. The van der Waals surface area contributed by atoms with E-state index in [1.165, 1.54) is 19.2 Å². The Hall–Kier alpha value is -3.34. The highest BCUT2D eigenvalue weighted by atomic mass is 16.6. The highest BCUT2D eigenvalue weighted by Gasteiger charge is 2.86. The number of Topliss-reactive ketones (excluding diaryl/α,β-unsaturated/α-hetero) is 1. The van der Waals surface area contributed by atoms with Gasteiger partial charge in [0.2, 0.25) is 5.91 Å². The number of phenols is 2.